The molecular weight excluding hydrogens is 402 g/mol. The molecule has 0 bridgehead atoms. The third-order valence-electron chi connectivity index (χ3n) is 4.95. The number of carbonyl (C=O) groups is 2. The molecule has 4 rings (SSSR count). The second kappa shape index (κ2) is 8.05. The Morgan fingerprint density at radius 3 is 2.33 bits per heavy atom. The molecule has 5 nitrogen and oxygen atoms in total. The van der Waals surface area contributed by atoms with Gasteiger partial charge in [0.15, 0.2) is 0 Å². The number of hydrogen-bond acceptors (Lipinski definition) is 4. The normalized spacial score (nSPS) is 14.7. The van der Waals surface area contributed by atoms with Gasteiger partial charge in [-0.15, -0.1) is 0 Å². The van der Waals surface area contributed by atoms with Gasteiger partial charge in [-0.1, -0.05) is 48.0 Å². The number of amides is 2. The Morgan fingerprint density at radius 1 is 0.967 bits per heavy atom. The number of phenols is 1. The van der Waals surface area contributed by atoms with Gasteiger partial charge in [0, 0.05) is 11.1 Å². The number of carbonyl (C=O) groups excluding carboxylic acids is 2. The molecule has 1 aliphatic heterocycles. The SMILES string of the molecule is COc1ccc(CN2C(=O)/C(=C/c3ccc(O)c(Cl)c3)c3ccccc3C2=O)cc1. The first-order valence-corrected chi connectivity index (χ1v) is 9.64. The minimum Gasteiger partial charge on any atom is -0.506 e. The summed E-state index contributed by atoms with van der Waals surface area (Å²) in [4.78, 5) is 27.6. The third kappa shape index (κ3) is 3.67. The maximum absolute atomic E-state index is 13.3. The van der Waals surface area contributed by atoms with Crippen molar-refractivity contribution in [3.8, 4) is 11.5 Å². The molecule has 0 aromatic heterocycles. The summed E-state index contributed by atoms with van der Waals surface area (Å²) in [5.41, 5.74) is 2.88. The highest BCUT2D eigenvalue weighted by Crippen LogP contribution is 2.33. The van der Waals surface area contributed by atoms with Gasteiger partial charge >= 0.3 is 0 Å². The van der Waals surface area contributed by atoms with Gasteiger partial charge < -0.3 is 9.84 Å². The van der Waals surface area contributed by atoms with E-state index in [-0.39, 0.29) is 23.2 Å². The number of halogens is 1. The van der Waals surface area contributed by atoms with Crippen molar-refractivity contribution in [2.45, 2.75) is 6.54 Å². The summed E-state index contributed by atoms with van der Waals surface area (Å²) in [6.45, 7) is 0.143. The molecule has 0 unspecified atom stereocenters. The zero-order valence-electron chi connectivity index (χ0n) is 16.1. The van der Waals surface area contributed by atoms with Gasteiger partial charge in [-0.25, -0.2) is 0 Å². The molecule has 150 valence electrons. The third-order valence-corrected chi connectivity index (χ3v) is 5.25. The molecule has 0 spiro atoms. The monoisotopic (exact) mass is 419 g/mol. The van der Waals surface area contributed by atoms with E-state index in [2.05, 4.69) is 0 Å². The maximum atomic E-state index is 13.3. The van der Waals surface area contributed by atoms with Crippen LogP contribution in [-0.4, -0.2) is 28.9 Å². The van der Waals surface area contributed by atoms with E-state index in [0.29, 0.717) is 28.0 Å². The predicted octanol–water partition coefficient (Wildman–Crippen LogP) is 4.78. The number of imide groups is 1. The van der Waals surface area contributed by atoms with E-state index < -0.39 is 5.91 Å². The fourth-order valence-corrected chi connectivity index (χ4v) is 3.57. The van der Waals surface area contributed by atoms with E-state index in [9.17, 15) is 14.7 Å². The highest BCUT2D eigenvalue weighted by Gasteiger charge is 2.34. The number of methoxy groups -OCH3 is 1. The van der Waals surface area contributed by atoms with Crippen molar-refractivity contribution in [1.29, 1.82) is 0 Å². The van der Waals surface area contributed by atoms with Crippen LogP contribution < -0.4 is 4.74 Å². The van der Waals surface area contributed by atoms with E-state index >= 15 is 0 Å². The van der Waals surface area contributed by atoms with Crippen LogP contribution in [0, 0.1) is 0 Å². The Bertz CT molecular complexity index is 1170. The summed E-state index contributed by atoms with van der Waals surface area (Å²) in [6.07, 6.45) is 1.68. The molecule has 0 saturated carbocycles. The molecule has 30 heavy (non-hydrogen) atoms. The molecule has 3 aromatic rings. The topological polar surface area (TPSA) is 66.8 Å². The molecule has 0 saturated heterocycles. The van der Waals surface area contributed by atoms with Crippen molar-refractivity contribution in [3.63, 3.8) is 0 Å². The van der Waals surface area contributed by atoms with Crippen LogP contribution in [0.2, 0.25) is 5.02 Å². The molecule has 1 heterocycles. The van der Waals surface area contributed by atoms with Gasteiger partial charge in [0.1, 0.15) is 11.5 Å². The molecule has 0 atom stereocenters. The average molecular weight is 420 g/mol. The highest BCUT2D eigenvalue weighted by atomic mass is 35.5. The molecular formula is C24H18ClNO4. The van der Waals surface area contributed by atoms with Gasteiger partial charge in [0.2, 0.25) is 0 Å². The van der Waals surface area contributed by atoms with E-state index in [1.165, 1.54) is 11.0 Å². The van der Waals surface area contributed by atoms with E-state index in [4.69, 9.17) is 16.3 Å². The van der Waals surface area contributed by atoms with Gasteiger partial charge in [-0.3, -0.25) is 14.5 Å². The van der Waals surface area contributed by atoms with Crippen molar-refractivity contribution in [1.82, 2.24) is 4.90 Å². The van der Waals surface area contributed by atoms with E-state index in [1.807, 2.05) is 12.1 Å². The van der Waals surface area contributed by atoms with Crippen LogP contribution in [0.25, 0.3) is 11.6 Å². The fraction of sp³-hybridized carbons (Fsp3) is 0.0833. The van der Waals surface area contributed by atoms with Gasteiger partial charge in [-0.05, 0) is 53.1 Å². The number of nitrogens with zero attached hydrogens (tertiary/aromatic N) is 1. The number of rotatable bonds is 4. The second-order valence-electron chi connectivity index (χ2n) is 6.86. The van der Waals surface area contributed by atoms with Crippen molar-refractivity contribution in [2.75, 3.05) is 7.11 Å². The summed E-state index contributed by atoms with van der Waals surface area (Å²) in [7, 11) is 1.58. The molecule has 0 radical (unpaired) electrons. The van der Waals surface area contributed by atoms with Crippen LogP contribution in [0.4, 0.5) is 0 Å². The summed E-state index contributed by atoms with van der Waals surface area (Å²) in [5, 5.41) is 9.84. The standard InChI is InChI=1S/C24H18ClNO4/c1-30-17-9-6-15(7-10-17)14-26-23(28)19-5-3-2-4-18(19)20(24(26)29)12-16-8-11-22(27)21(25)13-16/h2-13,27H,14H2,1H3/b20-12+. The lowest BCUT2D eigenvalue weighted by Gasteiger charge is -2.29. The minimum absolute atomic E-state index is 0.0366. The largest absolute Gasteiger partial charge is 0.506 e. The molecule has 0 fully saturated rings. The molecule has 0 aliphatic carbocycles. The lowest BCUT2D eigenvalue weighted by Crippen LogP contribution is -2.41. The minimum atomic E-state index is -0.390. The lowest BCUT2D eigenvalue weighted by molar-refractivity contribution is -0.123. The predicted molar refractivity (Wildman–Crippen MR) is 115 cm³/mol. The van der Waals surface area contributed by atoms with Gasteiger partial charge in [0.05, 0.1) is 18.7 Å². The van der Waals surface area contributed by atoms with Gasteiger partial charge in [-0.2, -0.15) is 0 Å². The first kappa shape index (κ1) is 19.7. The number of fused-ring (bicyclic) bond motifs is 1. The average Bonchev–Trinajstić information content (AvgIpc) is 2.77. The Labute approximate surface area is 178 Å². The van der Waals surface area contributed by atoms with Crippen LogP contribution in [0.15, 0.2) is 66.7 Å². The van der Waals surface area contributed by atoms with Crippen LogP contribution in [0.1, 0.15) is 27.0 Å². The van der Waals surface area contributed by atoms with Crippen molar-refractivity contribution in [2.24, 2.45) is 0 Å². The zero-order valence-corrected chi connectivity index (χ0v) is 16.9. The summed E-state index contributed by atoms with van der Waals surface area (Å²) >= 11 is 6.01. The van der Waals surface area contributed by atoms with E-state index in [0.717, 1.165) is 5.56 Å². The van der Waals surface area contributed by atoms with Crippen LogP contribution in [0.3, 0.4) is 0 Å². The zero-order chi connectivity index (χ0) is 21.3. The number of benzene rings is 3. The van der Waals surface area contributed by atoms with Crippen molar-refractivity contribution < 1.29 is 19.4 Å². The first-order valence-electron chi connectivity index (χ1n) is 9.26. The van der Waals surface area contributed by atoms with E-state index in [1.54, 1.807) is 61.7 Å². The summed E-state index contributed by atoms with van der Waals surface area (Å²) in [5.74, 6) is -0.0679. The highest BCUT2D eigenvalue weighted by molar-refractivity contribution is 6.34. The molecule has 1 N–H and O–H groups in total. The number of hydrogen-bond donors (Lipinski definition) is 1. The maximum Gasteiger partial charge on any atom is 0.261 e. The smallest absolute Gasteiger partial charge is 0.261 e. The van der Waals surface area contributed by atoms with Crippen LogP contribution in [0.5, 0.6) is 11.5 Å². The first-order chi connectivity index (χ1) is 14.5. The number of ether oxygens (including phenoxy) is 1. The summed E-state index contributed by atoms with van der Waals surface area (Å²) < 4.78 is 5.16. The molecule has 3 aromatic carbocycles. The lowest BCUT2D eigenvalue weighted by atomic mass is 9.91. The Morgan fingerprint density at radius 2 is 1.67 bits per heavy atom. The molecule has 6 heteroatoms. The van der Waals surface area contributed by atoms with Crippen molar-refractivity contribution >= 4 is 35.1 Å². The fourth-order valence-electron chi connectivity index (χ4n) is 3.38. The van der Waals surface area contributed by atoms with Gasteiger partial charge in [0.25, 0.3) is 11.8 Å². The van der Waals surface area contributed by atoms with Crippen molar-refractivity contribution in [3.05, 3.63) is 94.0 Å². The van der Waals surface area contributed by atoms with Crippen LogP contribution in [-0.2, 0) is 11.3 Å². The molecule has 1 aliphatic rings. The second-order valence-corrected chi connectivity index (χ2v) is 7.27. The Kier molecular flexibility index (Phi) is 5.29. The quantitative estimate of drug-likeness (QED) is 0.488. The Balaban J connectivity index is 1.76. The van der Waals surface area contributed by atoms with Crippen LogP contribution >= 0.6 is 11.6 Å². The number of phenolic OH excluding ortho intramolecular Hbond substituents is 1. The molecule has 2 amide bonds. The Hall–Kier alpha value is -3.57. The number of aromatic hydroxyl groups is 1. The summed E-state index contributed by atoms with van der Waals surface area (Å²) in [6, 6.07) is 18.9.